The number of halogens is 2. The molecule has 1 aliphatic rings. The Kier molecular flexibility index (Phi) is 7.33. The van der Waals surface area contributed by atoms with E-state index in [1.807, 2.05) is 17.0 Å². The molecule has 0 saturated carbocycles. The average Bonchev–Trinajstić information content (AvgIpc) is 2.85. The fourth-order valence-corrected chi connectivity index (χ4v) is 4.26. The van der Waals surface area contributed by atoms with E-state index in [0.29, 0.717) is 38.3 Å². The van der Waals surface area contributed by atoms with Crippen LogP contribution in [0.4, 0.5) is 8.78 Å². The molecule has 5 nitrogen and oxygen atoms in total. The first kappa shape index (κ1) is 23.6. The highest BCUT2D eigenvalue weighted by atomic mass is 19.1. The van der Waals surface area contributed by atoms with Crippen LogP contribution in [0.25, 0.3) is 0 Å². The number of amides is 2. The smallest absolute Gasteiger partial charge is 0.253 e. The molecule has 3 aromatic rings. The molecule has 1 N–H and O–H groups in total. The Morgan fingerprint density at radius 3 is 1.76 bits per heavy atom. The molecule has 0 unspecified atom stereocenters. The molecule has 1 aliphatic heterocycles. The summed E-state index contributed by atoms with van der Waals surface area (Å²) in [7, 11) is 0. The summed E-state index contributed by atoms with van der Waals surface area (Å²) in [5, 5.41) is 2.74. The van der Waals surface area contributed by atoms with E-state index in [9.17, 15) is 18.4 Å². The van der Waals surface area contributed by atoms with Crippen LogP contribution >= 0.6 is 0 Å². The van der Waals surface area contributed by atoms with Gasteiger partial charge >= 0.3 is 0 Å². The van der Waals surface area contributed by atoms with Crippen LogP contribution < -0.4 is 5.32 Å². The Hall–Kier alpha value is -3.58. The lowest BCUT2D eigenvalue weighted by Crippen LogP contribution is -2.49. The predicted octanol–water partition coefficient (Wildman–Crippen LogP) is 4.15. The topological polar surface area (TPSA) is 52.7 Å². The van der Waals surface area contributed by atoms with Crippen molar-refractivity contribution in [1.82, 2.24) is 15.1 Å². The Balaban J connectivity index is 1.45. The summed E-state index contributed by atoms with van der Waals surface area (Å²) in [6.45, 7) is 4.25. The average molecular weight is 464 g/mol. The van der Waals surface area contributed by atoms with Crippen LogP contribution in [0.15, 0.2) is 72.8 Å². The minimum Gasteiger partial charge on any atom is -0.352 e. The summed E-state index contributed by atoms with van der Waals surface area (Å²) < 4.78 is 27.1. The zero-order valence-electron chi connectivity index (χ0n) is 19.0. The molecule has 2 amide bonds. The summed E-state index contributed by atoms with van der Waals surface area (Å²) >= 11 is 0. The van der Waals surface area contributed by atoms with Crippen LogP contribution in [0.5, 0.6) is 0 Å². The Morgan fingerprint density at radius 2 is 1.29 bits per heavy atom. The van der Waals surface area contributed by atoms with E-state index < -0.39 is 0 Å². The molecule has 7 heteroatoms. The summed E-state index contributed by atoms with van der Waals surface area (Å²) in [6.07, 6.45) is 0. The van der Waals surface area contributed by atoms with Crippen LogP contribution in [-0.2, 0) is 11.3 Å². The summed E-state index contributed by atoms with van der Waals surface area (Å²) in [4.78, 5) is 28.2. The maximum Gasteiger partial charge on any atom is 0.253 e. The first-order valence-corrected chi connectivity index (χ1v) is 11.3. The lowest BCUT2D eigenvalue weighted by Gasteiger charge is -2.39. The van der Waals surface area contributed by atoms with Crippen LogP contribution in [0.2, 0.25) is 0 Å². The van der Waals surface area contributed by atoms with Crippen molar-refractivity contribution in [3.63, 3.8) is 0 Å². The number of benzene rings is 3. The SMILES string of the molecule is CC(=O)NCc1ccc(C(=O)N2CCN(C(c3ccc(F)cc3)c3ccc(F)cc3)CC2)cc1. The quantitative estimate of drug-likeness (QED) is 0.598. The first-order valence-electron chi connectivity index (χ1n) is 11.3. The highest BCUT2D eigenvalue weighted by Gasteiger charge is 2.28. The third-order valence-electron chi connectivity index (χ3n) is 6.08. The number of carbonyl (C=O) groups is 2. The molecule has 1 fully saturated rings. The molecule has 0 atom stereocenters. The molecule has 0 spiro atoms. The van der Waals surface area contributed by atoms with Crippen molar-refractivity contribution >= 4 is 11.8 Å². The zero-order chi connectivity index (χ0) is 24.1. The van der Waals surface area contributed by atoms with Gasteiger partial charge in [0.2, 0.25) is 5.91 Å². The van der Waals surface area contributed by atoms with Crippen LogP contribution in [0.3, 0.4) is 0 Å². The number of nitrogens with one attached hydrogen (secondary N) is 1. The van der Waals surface area contributed by atoms with Crippen molar-refractivity contribution in [2.24, 2.45) is 0 Å². The summed E-state index contributed by atoms with van der Waals surface area (Å²) in [6, 6.07) is 19.8. The van der Waals surface area contributed by atoms with Crippen molar-refractivity contribution in [2.75, 3.05) is 26.2 Å². The number of piperazine rings is 1. The lowest BCUT2D eigenvalue weighted by molar-refractivity contribution is -0.119. The first-order chi connectivity index (χ1) is 16.4. The van der Waals surface area contributed by atoms with Gasteiger partial charge in [-0.2, -0.15) is 0 Å². The fourth-order valence-electron chi connectivity index (χ4n) is 4.26. The fraction of sp³-hybridized carbons (Fsp3) is 0.259. The van der Waals surface area contributed by atoms with Crippen molar-refractivity contribution < 1.29 is 18.4 Å². The Bertz CT molecular complexity index is 1080. The van der Waals surface area contributed by atoms with Crippen molar-refractivity contribution in [1.29, 1.82) is 0 Å². The molecule has 4 rings (SSSR count). The van der Waals surface area contributed by atoms with Gasteiger partial charge in [0, 0.05) is 45.2 Å². The molecular weight excluding hydrogens is 436 g/mol. The molecule has 1 heterocycles. The van der Waals surface area contributed by atoms with E-state index in [-0.39, 0.29) is 29.5 Å². The monoisotopic (exact) mass is 463 g/mol. The normalized spacial score (nSPS) is 14.3. The van der Waals surface area contributed by atoms with Crippen LogP contribution in [0.1, 0.15) is 40.0 Å². The molecule has 1 saturated heterocycles. The minimum atomic E-state index is -0.305. The number of hydrogen-bond acceptors (Lipinski definition) is 3. The largest absolute Gasteiger partial charge is 0.352 e. The number of nitrogens with zero attached hydrogens (tertiary/aromatic N) is 2. The Morgan fingerprint density at radius 1 is 0.794 bits per heavy atom. The van der Waals surface area contributed by atoms with Crippen LogP contribution in [-0.4, -0.2) is 47.8 Å². The van der Waals surface area contributed by atoms with Gasteiger partial charge in [-0.25, -0.2) is 8.78 Å². The van der Waals surface area contributed by atoms with E-state index in [1.54, 1.807) is 36.4 Å². The van der Waals surface area contributed by atoms with E-state index in [1.165, 1.54) is 31.2 Å². The highest BCUT2D eigenvalue weighted by Crippen LogP contribution is 2.30. The van der Waals surface area contributed by atoms with E-state index in [2.05, 4.69) is 10.2 Å². The lowest BCUT2D eigenvalue weighted by atomic mass is 9.96. The van der Waals surface area contributed by atoms with Gasteiger partial charge in [0.05, 0.1) is 6.04 Å². The molecule has 176 valence electrons. The molecule has 3 aromatic carbocycles. The molecule has 0 bridgehead atoms. The maximum absolute atomic E-state index is 13.5. The van der Waals surface area contributed by atoms with Crippen molar-refractivity contribution in [2.45, 2.75) is 19.5 Å². The van der Waals surface area contributed by atoms with Crippen molar-refractivity contribution in [3.05, 3.63) is 107 Å². The number of hydrogen-bond donors (Lipinski definition) is 1. The zero-order valence-corrected chi connectivity index (χ0v) is 19.0. The van der Waals surface area contributed by atoms with Crippen molar-refractivity contribution in [3.8, 4) is 0 Å². The standard InChI is InChI=1S/C27H27F2N3O2/c1-19(33)30-18-20-2-4-23(5-3-20)27(34)32-16-14-31(15-17-32)26(21-6-10-24(28)11-7-21)22-8-12-25(29)13-9-22/h2-13,26H,14-18H2,1H3,(H,30,33). The second kappa shape index (κ2) is 10.6. The van der Waals surface area contributed by atoms with Gasteiger partial charge in [0.25, 0.3) is 5.91 Å². The van der Waals surface area contributed by atoms with Gasteiger partial charge in [0.15, 0.2) is 0 Å². The summed E-state index contributed by atoms with van der Waals surface area (Å²) in [5.74, 6) is -0.747. The molecule has 34 heavy (non-hydrogen) atoms. The second-order valence-corrected chi connectivity index (χ2v) is 8.44. The number of carbonyl (C=O) groups excluding carboxylic acids is 2. The Labute approximate surface area is 198 Å². The molecular formula is C27H27F2N3O2. The van der Waals surface area contributed by atoms with Gasteiger partial charge in [0.1, 0.15) is 11.6 Å². The van der Waals surface area contributed by atoms with E-state index in [4.69, 9.17) is 0 Å². The molecule has 0 aromatic heterocycles. The van der Waals surface area contributed by atoms with Gasteiger partial charge in [-0.3, -0.25) is 14.5 Å². The van der Waals surface area contributed by atoms with Gasteiger partial charge in [-0.05, 0) is 53.1 Å². The number of rotatable bonds is 6. The van der Waals surface area contributed by atoms with Gasteiger partial charge in [-0.15, -0.1) is 0 Å². The molecule has 0 radical (unpaired) electrons. The van der Waals surface area contributed by atoms with Gasteiger partial charge < -0.3 is 10.2 Å². The second-order valence-electron chi connectivity index (χ2n) is 8.44. The minimum absolute atomic E-state index is 0.0363. The predicted molar refractivity (Wildman–Crippen MR) is 126 cm³/mol. The van der Waals surface area contributed by atoms with Gasteiger partial charge in [-0.1, -0.05) is 36.4 Å². The summed E-state index contributed by atoms with van der Waals surface area (Å²) in [5.41, 5.74) is 3.37. The third-order valence-corrected chi connectivity index (χ3v) is 6.08. The maximum atomic E-state index is 13.5. The van der Waals surface area contributed by atoms with E-state index in [0.717, 1.165) is 16.7 Å². The van der Waals surface area contributed by atoms with E-state index >= 15 is 0 Å². The van der Waals surface area contributed by atoms with Crippen LogP contribution in [0, 0.1) is 11.6 Å². The highest BCUT2D eigenvalue weighted by molar-refractivity contribution is 5.94. The molecule has 0 aliphatic carbocycles. The third kappa shape index (κ3) is 5.66.